The fourth-order valence-electron chi connectivity index (χ4n) is 2.64. The Balaban J connectivity index is 1.72. The number of rotatable bonds is 6. The zero-order chi connectivity index (χ0) is 20.3. The van der Waals surface area contributed by atoms with Crippen molar-refractivity contribution in [2.75, 3.05) is 7.11 Å². The Hall–Kier alpha value is -3.29. The van der Waals surface area contributed by atoms with E-state index in [1.807, 2.05) is 38.1 Å². The van der Waals surface area contributed by atoms with Crippen LogP contribution in [0.3, 0.4) is 0 Å². The lowest BCUT2D eigenvalue weighted by molar-refractivity contribution is 0.0912. The fourth-order valence-corrected chi connectivity index (χ4v) is 2.64. The number of carbonyl (C=O) groups excluding carboxylic acids is 1. The Morgan fingerprint density at radius 3 is 2.25 bits per heavy atom. The number of benzene rings is 2. The topological polar surface area (TPSA) is 77.2 Å². The number of nitrogens with zero attached hydrogens (tertiary/aromatic N) is 2. The van der Waals surface area contributed by atoms with Crippen molar-refractivity contribution >= 4 is 5.91 Å². The first-order valence-corrected chi connectivity index (χ1v) is 8.49. The van der Waals surface area contributed by atoms with Crippen molar-refractivity contribution in [1.29, 1.82) is 0 Å². The van der Waals surface area contributed by atoms with Gasteiger partial charge in [0.25, 0.3) is 11.8 Å². The first kappa shape index (κ1) is 19.5. The van der Waals surface area contributed by atoms with Crippen molar-refractivity contribution in [2.45, 2.75) is 25.8 Å². The summed E-state index contributed by atoms with van der Waals surface area (Å²) in [5.74, 6) is -0.303. The van der Waals surface area contributed by atoms with Gasteiger partial charge in [0.05, 0.1) is 12.6 Å². The number of aromatic nitrogens is 2. The minimum atomic E-state index is -2.83. The first-order valence-electron chi connectivity index (χ1n) is 8.49. The van der Waals surface area contributed by atoms with Crippen LogP contribution in [0.2, 0.25) is 0 Å². The van der Waals surface area contributed by atoms with Gasteiger partial charge in [-0.05, 0) is 55.8 Å². The predicted molar refractivity (Wildman–Crippen MR) is 98.2 cm³/mol. The second-order valence-corrected chi connectivity index (χ2v) is 6.63. The van der Waals surface area contributed by atoms with E-state index in [0.717, 1.165) is 11.3 Å². The van der Waals surface area contributed by atoms with Crippen molar-refractivity contribution in [3.63, 3.8) is 0 Å². The molecule has 1 heterocycles. The van der Waals surface area contributed by atoms with Crippen molar-refractivity contribution in [2.24, 2.45) is 0 Å². The van der Waals surface area contributed by atoms with Gasteiger partial charge in [0, 0.05) is 11.1 Å². The normalized spacial score (nSPS) is 11.5. The average Bonchev–Trinajstić information content (AvgIpc) is 3.18. The number of carbonyl (C=O) groups is 1. The highest BCUT2D eigenvalue weighted by Crippen LogP contribution is 2.25. The number of alkyl halides is 2. The summed E-state index contributed by atoms with van der Waals surface area (Å²) in [7, 11) is 1.59. The van der Waals surface area contributed by atoms with Crippen LogP contribution in [0.25, 0.3) is 11.5 Å². The molecule has 3 aromatic rings. The van der Waals surface area contributed by atoms with Crippen LogP contribution in [-0.4, -0.2) is 23.2 Å². The fraction of sp³-hybridized carbons (Fsp3) is 0.250. The van der Waals surface area contributed by atoms with Crippen LogP contribution in [0.5, 0.6) is 5.75 Å². The van der Waals surface area contributed by atoms with Crippen LogP contribution < -0.4 is 10.1 Å². The summed E-state index contributed by atoms with van der Waals surface area (Å²) in [5.41, 5.74) is 1.17. The molecular formula is C20H19F2N3O3. The van der Waals surface area contributed by atoms with Gasteiger partial charge >= 0.3 is 6.43 Å². The molecule has 1 aromatic heterocycles. The Labute approximate surface area is 160 Å². The number of amides is 1. The molecule has 6 nitrogen and oxygen atoms in total. The van der Waals surface area contributed by atoms with E-state index in [9.17, 15) is 13.6 Å². The maximum absolute atomic E-state index is 12.6. The Morgan fingerprint density at radius 1 is 1.07 bits per heavy atom. The molecule has 0 spiro atoms. The van der Waals surface area contributed by atoms with Crippen molar-refractivity contribution in [1.82, 2.24) is 15.5 Å². The predicted octanol–water partition coefficient (Wildman–Crippen LogP) is 4.35. The summed E-state index contributed by atoms with van der Waals surface area (Å²) in [6.07, 6.45) is -2.83. The minimum absolute atomic E-state index is 0.0270. The minimum Gasteiger partial charge on any atom is -0.497 e. The Morgan fingerprint density at radius 2 is 1.71 bits per heavy atom. The molecule has 2 aromatic carbocycles. The van der Waals surface area contributed by atoms with E-state index in [-0.39, 0.29) is 11.8 Å². The molecule has 0 bridgehead atoms. The zero-order valence-electron chi connectivity index (χ0n) is 15.6. The van der Waals surface area contributed by atoms with Crippen molar-refractivity contribution in [3.8, 4) is 17.2 Å². The highest BCUT2D eigenvalue weighted by Gasteiger charge is 2.24. The average molecular weight is 387 g/mol. The van der Waals surface area contributed by atoms with Gasteiger partial charge in [-0.25, -0.2) is 0 Å². The van der Waals surface area contributed by atoms with Gasteiger partial charge in [0.1, 0.15) is 5.75 Å². The molecule has 0 saturated carbocycles. The summed E-state index contributed by atoms with van der Waals surface area (Å²) in [6.45, 7) is 3.79. The van der Waals surface area contributed by atoms with E-state index < -0.39 is 17.9 Å². The molecule has 0 aliphatic carbocycles. The number of methoxy groups -OCH3 is 1. The molecule has 3 rings (SSSR count). The molecule has 0 atom stereocenters. The smallest absolute Gasteiger partial charge is 0.314 e. The summed E-state index contributed by atoms with van der Waals surface area (Å²) in [5, 5.41) is 9.85. The third-order valence-electron chi connectivity index (χ3n) is 4.26. The number of hydrogen-bond acceptors (Lipinski definition) is 5. The van der Waals surface area contributed by atoms with Gasteiger partial charge in [0.15, 0.2) is 0 Å². The SMILES string of the molecule is COc1ccc(C(C)(C)NC(=O)c2ccc(-c3nnc(C(F)F)o3)cc2)cc1. The second-order valence-electron chi connectivity index (χ2n) is 6.63. The summed E-state index contributed by atoms with van der Waals surface area (Å²) < 4.78 is 35.2. The van der Waals surface area contributed by atoms with E-state index in [4.69, 9.17) is 9.15 Å². The number of hydrogen-bond donors (Lipinski definition) is 1. The van der Waals surface area contributed by atoms with Crippen molar-refractivity contribution < 1.29 is 22.7 Å². The lowest BCUT2D eigenvalue weighted by atomic mass is 9.93. The lowest BCUT2D eigenvalue weighted by Crippen LogP contribution is -2.40. The molecule has 0 radical (unpaired) electrons. The first-order chi connectivity index (χ1) is 13.3. The summed E-state index contributed by atoms with van der Waals surface area (Å²) in [6, 6.07) is 13.7. The Kier molecular flexibility index (Phi) is 5.39. The Bertz CT molecular complexity index is 952. The molecular weight excluding hydrogens is 368 g/mol. The molecule has 1 N–H and O–H groups in total. The molecule has 0 aliphatic rings. The van der Waals surface area contributed by atoms with Gasteiger partial charge < -0.3 is 14.5 Å². The quantitative estimate of drug-likeness (QED) is 0.681. The van der Waals surface area contributed by atoms with Crippen LogP contribution >= 0.6 is 0 Å². The largest absolute Gasteiger partial charge is 0.497 e. The lowest BCUT2D eigenvalue weighted by Gasteiger charge is -2.27. The van der Waals surface area contributed by atoms with E-state index >= 15 is 0 Å². The van der Waals surface area contributed by atoms with Gasteiger partial charge in [-0.2, -0.15) is 8.78 Å². The summed E-state index contributed by atoms with van der Waals surface area (Å²) in [4.78, 5) is 12.6. The van der Waals surface area contributed by atoms with Crippen LogP contribution in [0.15, 0.2) is 52.9 Å². The van der Waals surface area contributed by atoms with E-state index in [0.29, 0.717) is 11.1 Å². The molecule has 0 unspecified atom stereocenters. The highest BCUT2D eigenvalue weighted by molar-refractivity contribution is 5.95. The second kappa shape index (κ2) is 7.75. The number of ether oxygens (including phenoxy) is 1. The summed E-state index contributed by atoms with van der Waals surface area (Å²) >= 11 is 0. The molecule has 1 amide bonds. The highest BCUT2D eigenvalue weighted by atomic mass is 19.3. The molecule has 0 saturated heterocycles. The molecule has 8 heteroatoms. The zero-order valence-corrected chi connectivity index (χ0v) is 15.6. The number of halogens is 2. The van der Waals surface area contributed by atoms with Crippen LogP contribution in [0.4, 0.5) is 8.78 Å². The maximum Gasteiger partial charge on any atom is 0.314 e. The molecule has 146 valence electrons. The van der Waals surface area contributed by atoms with Gasteiger partial charge in [-0.1, -0.05) is 12.1 Å². The molecule has 0 aliphatic heterocycles. The molecule has 28 heavy (non-hydrogen) atoms. The van der Waals surface area contributed by atoms with Crippen molar-refractivity contribution in [3.05, 3.63) is 65.5 Å². The van der Waals surface area contributed by atoms with E-state index in [1.165, 1.54) is 0 Å². The third kappa shape index (κ3) is 4.16. The van der Waals surface area contributed by atoms with E-state index in [1.54, 1.807) is 31.4 Å². The molecule has 0 fully saturated rings. The van der Waals surface area contributed by atoms with E-state index in [2.05, 4.69) is 15.5 Å². The maximum atomic E-state index is 12.6. The van der Waals surface area contributed by atoms with Gasteiger partial charge in [0.2, 0.25) is 5.89 Å². The van der Waals surface area contributed by atoms with Crippen LogP contribution in [-0.2, 0) is 5.54 Å². The standard InChI is InChI=1S/C20H19F2N3O3/c1-20(2,14-8-10-15(27-3)11-9-14)23-17(26)12-4-6-13(7-5-12)18-24-25-19(28-18)16(21)22/h4-11,16H,1-3H3,(H,23,26). The van der Waals surface area contributed by atoms with Gasteiger partial charge in [-0.3, -0.25) is 4.79 Å². The number of nitrogens with one attached hydrogen (secondary N) is 1. The monoisotopic (exact) mass is 387 g/mol. The van der Waals surface area contributed by atoms with Crippen LogP contribution in [0.1, 0.15) is 42.1 Å². The third-order valence-corrected chi connectivity index (χ3v) is 4.26. The van der Waals surface area contributed by atoms with Gasteiger partial charge in [-0.15, -0.1) is 10.2 Å². The van der Waals surface area contributed by atoms with Crippen LogP contribution in [0, 0.1) is 0 Å².